The second-order valence-corrected chi connectivity index (χ2v) is 4.06. The monoisotopic (exact) mass is 253 g/mol. The van der Waals surface area contributed by atoms with Gasteiger partial charge in [0.1, 0.15) is 5.82 Å². The summed E-state index contributed by atoms with van der Waals surface area (Å²) in [5.74, 6) is -0.637. The van der Waals surface area contributed by atoms with E-state index in [4.69, 9.17) is 5.73 Å². The number of benzene rings is 1. The van der Waals surface area contributed by atoms with Gasteiger partial charge in [-0.05, 0) is 32.5 Å². The van der Waals surface area contributed by atoms with Crippen LogP contribution in [0.4, 0.5) is 10.1 Å². The minimum absolute atomic E-state index is 0.251. The summed E-state index contributed by atoms with van der Waals surface area (Å²) in [4.78, 5) is 13.0. The van der Waals surface area contributed by atoms with E-state index in [1.807, 2.05) is 11.8 Å². The number of nitrogens with two attached hydrogens (primary N) is 1. The second kappa shape index (κ2) is 6.96. The number of para-hydroxylation sites is 1. The van der Waals surface area contributed by atoms with Crippen molar-refractivity contribution in [3.05, 3.63) is 30.1 Å². The van der Waals surface area contributed by atoms with E-state index in [-0.39, 0.29) is 17.8 Å². The van der Waals surface area contributed by atoms with Crippen LogP contribution in [0.3, 0.4) is 0 Å². The molecular formula is C13H20FN3O. The molecule has 0 aliphatic rings. The van der Waals surface area contributed by atoms with Gasteiger partial charge in [0.05, 0.1) is 11.7 Å². The van der Waals surface area contributed by atoms with Gasteiger partial charge < -0.3 is 16.0 Å². The highest BCUT2D eigenvalue weighted by Gasteiger charge is 2.15. The fourth-order valence-electron chi connectivity index (χ4n) is 1.87. The Bertz CT molecular complexity index is 398. The maximum atomic E-state index is 13.6. The first-order valence-electron chi connectivity index (χ1n) is 6.06. The van der Waals surface area contributed by atoms with Gasteiger partial charge in [-0.15, -0.1) is 0 Å². The Balaban J connectivity index is 2.68. The molecule has 0 aliphatic heterocycles. The van der Waals surface area contributed by atoms with E-state index < -0.39 is 0 Å². The topological polar surface area (TPSA) is 58.4 Å². The number of hydrogen-bond donors (Lipinski definition) is 2. The molecule has 3 N–H and O–H groups in total. The molecule has 0 aliphatic carbocycles. The Morgan fingerprint density at radius 3 is 2.67 bits per heavy atom. The second-order valence-electron chi connectivity index (χ2n) is 4.06. The first-order chi connectivity index (χ1) is 8.60. The summed E-state index contributed by atoms with van der Waals surface area (Å²) in [6.45, 7) is 3.20. The molecule has 1 aromatic rings. The summed E-state index contributed by atoms with van der Waals surface area (Å²) >= 11 is 0. The molecule has 0 spiro atoms. The quantitative estimate of drug-likeness (QED) is 0.765. The van der Waals surface area contributed by atoms with Crippen molar-refractivity contribution in [2.24, 2.45) is 5.73 Å². The van der Waals surface area contributed by atoms with Crippen LogP contribution in [0.15, 0.2) is 24.3 Å². The molecule has 1 aromatic carbocycles. The van der Waals surface area contributed by atoms with Crippen molar-refractivity contribution in [1.29, 1.82) is 0 Å². The lowest BCUT2D eigenvalue weighted by atomic mass is 10.1. The molecule has 0 fully saturated rings. The number of likely N-dealkylation sites (N-methyl/N-ethyl adjacent to an activating group) is 1. The Morgan fingerprint density at radius 2 is 2.17 bits per heavy atom. The zero-order chi connectivity index (χ0) is 13.5. The third-order valence-corrected chi connectivity index (χ3v) is 2.95. The first-order valence-corrected chi connectivity index (χ1v) is 6.06. The largest absolute Gasteiger partial charge is 0.369 e. The van der Waals surface area contributed by atoms with Crippen LogP contribution in [-0.4, -0.2) is 32.1 Å². The molecular weight excluding hydrogens is 233 g/mol. The Labute approximate surface area is 107 Å². The SMILES string of the molecule is CCN(CCC(NC)C(N)=O)c1ccccc1F. The van der Waals surface area contributed by atoms with Crippen LogP contribution in [0, 0.1) is 5.82 Å². The highest BCUT2D eigenvalue weighted by molar-refractivity contribution is 5.79. The maximum absolute atomic E-state index is 13.6. The molecule has 100 valence electrons. The predicted molar refractivity (Wildman–Crippen MR) is 70.9 cm³/mol. The number of carbonyl (C=O) groups is 1. The van der Waals surface area contributed by atoms with Gasteiger partial charge in [-0.2, -0.15) is 0 Å². The minimum Gasteiger partial charge on any atom is -0.369 e. The van der Waals surface area contributed by atoms with Gasteiger partial charge in [0.2, 0.25) is 5.91 Å². The molecule has 0 aromatic heterocycles. The number of rotatable bonds is 7. The molecule has 0 bridgehead atoms. The van der Waals surface area contributed by atoms with Gasteiger partial charge in [-0.25, -0.2) is 4.39 Å². The van der Waals surface area contributed by atoms with Crippen LogP contribution in [0.2, 0.25) is 0 Å². The van der Waals surface area contributed by atoms with Crippen LogP contribution in [0.1, 0.15) is 13.3 Å². The zero-order valence-electron chi connectivity index (χ0n) is 10.8. The fraction of sp³-hybridized carbons (Fsp3) is 0.462. The van der Waals surface area contributed by atoms with Crippen LogP contribution in [0.5, 0.6) is 0 Å². The summed E-state index contributed by atoms with van der Waals surface area (Å²) in [5.41, 5.74) is 5.80. The van der Waals surface area contributed by atoms with Crippen LogP contribution < -0.4 is 16.0 Å². The maximum Gasteiger partial charge on any atom is 0.234 e. The molecule has 4 nitrogen and oxygen atoms in total. The van der Waals surface area contributed by atoms with Crippen molar-refractivity contribution in [2.45, 2.75) is 19.4 Å². The summed E-state index contributed by atoms with van der Waals surface area (Å²) in [5, 5.41) is 2.85. The number of halogens is 1. The number of nitrogens with one attached hydrogen (secondary N) is 1. The molecule has 18 heavy (non-hydrogen) atoms. The van der Waals surface area contributed by atoms with Gasteiger partial charge in [0.25, 0.3) is 0 Å². The van der Waals surface area contributed by atoms with Gasteiger partial charge in [0, 0.05) is 13.1 Å². The van der Waals surface area contributed by atoms with Crippen LogP contribution >= 0.6 is 0 Å². The Hall–Kier alpha value is -1.62. The van der Waals surface area contributed by atoms with Crippen LogP contribution in [0.25, 0.3) is 0 Å². The van der Waals surface area contributed by atoms with Crippen molar-refractivity contribution in [3.63, 3.8) is 0 Å². The van der Waals surface area contributed by atoms with Gasteiger partial charge in [0.15, 0.2) is 0 Å². The van der Waals surface area contributed by atoms with E-state index in [0.29, 0.717) is 25.2 Å². The highest BCUT2D eigenvalue weighted by atomic mass is 19.1. The molecule has 1 atom stereocenters. The third-order valence-electron chi connectivity index (χ3n) is 2.95. The molecule has 5 heteroatoms. The molecule has 0 saturated heterocycles. The van der Waals surface area contributed by atoms with Crippen LogP contribution in [-0.2, 0) is 4.79 Å². The van der Waals surface area contributed by atoms with Crippen molar-refractivity contribution < 1.29 is 9.18 Å². The molecule has 1 amide bonds. The standard InChI is InChI=1S/C13H20FN3O/c1-3-17(9-8-11(16-2)13(15)18)12-7-5-4-6-10(12)14/h4-7,11,16H,3,8-9H2,1-2H3,(H2,15,18). The Morgan fingerprint density at radius 1 is 1.50 bits per heavy atom. The average molecular weight is 253 g/mol. The average Bonchev–Trinajstić information content (AvgIpc) is 2.36. The van der Waals surface area contributed by atoms with E-state index in [9.17, 15) is 9.18 Å². The molecule has 0 heterocycles. The van der Waals surface area contributed by atoms with E-state index in [0.717, 1.165) is 0 Å². The number of nitrogens with zero attached hydrogens (tertiary/aromatic N) is 1. The summed E-state index contributed by atoms with van der Waals surface area (Å²) in [7, 11) is 1.69. The predicted octanol–water partition coefficient (Wildman–Crippen LogP) is 1.12. The van der Waals surface area contributed by atoms with Crippen molar-refractivity contribution in [2.75, 3.05) is 25.0 Å². The lowest BCUT2D eigenvalue weighted by Crippen LogP contribution is -2.42. The normalized spacial score (nSPS) is 12.2. The fourth-order valence-corrected chi connectivity index (χ4v) is 1.87. The first kappa shape index (κ1) is 14.4. The van der Waals surface area contributed by atoms with Gasteiger partial charge in [-0.3, -0.25) is 4.79 Å². The molecule has 0 radical (unpaired) electrons. The van der Waals surface area contributed by atoms with E-state index in [2.05, 4.69) is 5.32 Å². The summed E-state index contributed by atoms with van der Waals surface area (Å²) < 4.78 is 13.6. The highest BCUT2D eigenvalue weighted by Crippen LogP contribution is 2.18. The van der Waals surface area contributed by atoms with Gasteiger partial charge >= 0.3 is 0 Å². The zero-order valence-corrected chi connectivity index (χ0v) is 10.8. The summed E-state index contributed by atoms with van der Waals surface area (Å²) in [6, 6.07) is 6.24. The Kier molecular flexibility index (Phi) is 5.58. The lowest BCUT2D eigenvalue weighted by Gasteiger charge is -2.25. The van der Waals surface area contributed by atoms with Gasteiger partial charge in [-0.1, -0.05) is 12.1 Å². The number of primary amides is 1. The molecule has 0 saturated carbocycles. The van der Waals surface area contributed by atoms with E-state index in [1.54, 1.807) is 25.2 Å². The number of anilines is 1. The lowest BCUT2D eigenvalue weighted by molar-refractivity contribution is -0.120. The third kappa shape index (κ3) is 3.70. The molecule has 1 unspecified atom stereocenters. The van der Waals surface area contributed by atoms with Crippen molar-refractivity contribution >= 4 is 11.6 Å². The smallest absolute Gasteiger partial charge is 0.234 e. The number of amides is 1. The van der Waals surface area contributed by atoms with E-state index >= 15 is 0 Å². The van der Waals surface area contributed by atoms with Crippen molar-refractivity contribution in [1.82, 2.24) is 5.32 Å². The van der Waals surface area contributed by atoms with E-state index in [1.165, 1.54) is 6.07 Å². The number of carbonyl (C=O) groups excluding carboxylic acids is 1. The minimum atomic E-state index is -0.387. The molecule has 1 rings (SSSR count). The summed E-state index contributed by atoms with van der Waals surface area (Å²) in [6.07, 6.45) is 0.550. The van der Waals surface area contributed by atoms with Crippen molar-refractivity contribution in [3.8, 4) is 0 Å². The number of hydrogen-bond acceptors (Lipinski definition) is 3.